The van der Waals surface area contributed by atoms with E-state index in [1.54, 1.807) is 0 Å². The summed E-state index contributed by atoms with van der Waals surface area (Å²) >= 11 is 6.09. The van der Waals surface area contributed by atoms with Crippen molar-refractivity contribution in [2.75, 3.05) is 13.1 Å². The molecule has 2 aromatic rings. The molecule has 1 fully saturated rings. The molecule has 3 heterocycles. The van der Waals surface area contributed by atoms with Crippen LogP contribution in [0.3, 0.4) is 0 Å². The number of hydrogen-bond acceptors (Lipinski definition) is 4. The largest absolute Gasteiger partial charge is 0.392 e. The van der Waals surface area contributed by atoms with Crippen molar-refractivity contribution in [1.29, 1.82) is 0 Å². The molecule has 19 heavy (non-hydrogen) atoms. The highest BCUT2D eigenvalue weighted by Crippen LogP contribution is 2.22. The lowest BCUT2D eigenvalue weighted by atomic mass is 10.1. The molecule has 0 aliphatic carbocycles. The van der Waals surface area contributed by atoms with Crippen LogP contribution >= 0.6 is 11.6 Å². The van der Waals surface area contributed by atoms with E-state index in [1.807, 2.05) is 19.2 Å². The number of pyridine rings is 2. The molecule has 0 saturated carbocycles. The number of halogens is 1. The summed E-state index contributed by atoms with van der Waals surface area (Å²) in [7, 11) is 0. The minimum absolute atomic E-state index is 0.186. The Morgan fingerprint density at radius 2 is 2.32 bits per heavy atom. The SMILES string of the molecule is Cc1cc2cc(CN3CCC(O)C3)cnc2c(Cl)n1. The Kier molecular flexibility index (Phi) is 3.39. The first-order chi connectivity index (χ1) is 9.11. The summed E-state index contributed by atoms with van der Waals surface area (Å²) < 4.78 is 0. The van der Waals surface area contributed by atoms with Crippen molar-refractivity contribution in [2.45, 2.75) is 26.0 Å². The first-order valence-electron chi connectivity index (χ1n) is 6.44. The average molecular weight is 278 g/mol. The van der Waals surface area contributed by atoms with Gasteiger partial charge in [-0.25, -0.2) is 4.98 Å². The monoisotopic (exact) mass is 277 g/mol. The summed E-state index contributed by atoms with van der Waals surface area (Å²) in [5.74, 6) is 0. The van der Waals surface area contributed by atoms with Gasteiger partial charge >= 0.3 is 0 Å². The van der Waals surface area contributed by atoms with Crippen LogP contribution in [-0.2, 0) is 6.54 Å². The number of β-amino-alcohol motifs (C(OH)–C–C–N with tert-alkyl or cyclic N) is 1. The molecule has 5 heteroatoms. The minimum Gasteiger partial charge on any atom is -0.392 e. The van der Waals surface area contributed by atoms with Crippen molar-refractivity contribution >= 4 is 22.5 Å². The molecule has 0 bridgehead atoms. The number of rotatable bonds is 2. The van der Waals surface area contributed by atoms with Gasteiger partial charge in [-0.1, -0.05) is 11.6 Å². The van der Waals surface area contributed by atoms with E-state index in [1.165, 1.54) is 0 Å². The molecule has 1 aliphatic heterocycles. The summed E-state index contributed by atoms with van der Waals surface area (Å²) in [5.41, 5.74) is 2.79. The second-order valence-electron chi connectivity index (χ2n) is 5.15. The lowest BCUT2D eigenvalue weighted by Crippen LogP contribution is -2.21. The Labute approximate surface area is 117 Å². The predicted molar refractivity (Wildman–Crippen MR) is 75.2 cm³/mol. The normalized spacial score (nSPS) is 20.3. The molecule has 0 amide bonds. The Balaban J connectivity index is 1.89. The quantitative estimate of drug-likeness (QED) is 0.855. The van der Waals surface area contributed by atoms with Gasteiger partial charge in [-0.2, -0.15) is 0 Å². The van der Waals surface area contributed by atoms with Crippen molar-refractivity contribution in [3.63, 3.8) is 0 Å². The van der Waals surface area contributed by atoms with E-state index in [2.05, 4.69) is 20.9 Å². The Morgan fingerprint density at radius 3 is 3.05 bits per heavy atom. The summed E-state index contributed by atoms with van der Waals surface area (Å²) in [6.45, 7) is 4.43. The third-order valence-corrected chi connectivity index (χ3v) is 3.73. The fourth-order valence-corrected chi connectivity index (χ4v) is 2.87. The maximum Gasteiger partial charge on any atom is 0.155 e. The molecule has 1 aliphatic rings. The van der Waals surface area contributed by atoms with Gasteiger partial charge in [0, 0.05) is 36.9 Å². The van der Waals surface area contributed by atoms with Gasteiger partial charge < -0.3 is 5.11 Å². The third kappa shape index (κ3) is 2.71. The van der Waals surface area contributed by atoms with Gasteiger partial charge in [0.25, 0.3) is 0 Å². The molecular weight excluding hydrogens is 262 g/mol. The van der Waals surface area contributed by atoms with Crippen LogP contribution in [-0.4, -0.2) is 39.2 Å². The number of fused-ring (bicyclic) bond motifs is 1. The second-order valence-corrected chi connectivity index (χ2v) is 5.51. The van der Waals surface area contributed by atoms with Gasteiger partial charge in [0.2, 0.25) is 0 Å². The van der Waals surface area contributed by atoms with Gasteiger partial charge in [0.05, 0.1) is 6.10 Å². The number of nitrogens with zero attached hydrogens (tertiary/aromatic N) is 3. The van der Waals surface area contributed by atoms with Crippen LogP contribution in [0.5, 0.6) is 0 Å². The van der Waals surface area contributed by atoms with Crippen molar-refractivity contribution in [1.82, 2.24) is 14.9 Å². The van der Waals surface area contributed by atoms with Gasteiger partial charge in [-0.3, -0.25) is 9.88 Å². The van der Waals surface area contributed by atoms with Gasteiger partial charge in [0.1, 0.15) is 5.52 Å². The molecule has 1 N–H and O–H groups in total. The maximum atomic E-state index is 9.54. The van der Waals surface area contributed by atoms with E-state index in [0.29, 0.717) is 5.15 Å². The molecule has 0 aromatic carbocycles. The van der Waals surface area contributed by atoms with E-state index in [0.717, 1.165) is 48.2 Å². The van der Waals surface area contributed by atoms with Gasteiger partial charge in [-0.05, 0) is 31.0 Å². The highest BCUT2D eigenvalue weighted by atomic mass is 35.5. The number of aromatic nitrogens is 2. The summed E-state index contributed by atoms with van der Waals surface area (Å²) in [5, 5.41) is 11.0. The summed E-state index contributed by atoms with van der Waals surface area (Å²) in [6.07, 6.45) is 2.51. The molecule has 0 radical (unpaired) electrons. The predicted octanol–water partition coefficient (Wildman–Crippen LogP) is 2.16. The standard InChI is InChI=1S/C14H16ClN3O/c1-9-4-11-5-10(6-16-13(11)14(15)17-9)7-18-3-2-12(19)8-18/h4-6,12,19H,2-3,7-8H2,1H3. The number of aliphatic hydroxyl groups excluding tert-OH is 1. The minimum atomic E-state index is -0.186. The van der Waals surface area contributed by atoms with Gasteiger partial charge in [0.15, 0.2) is 5.15 Å². The van der Waals surface area contributed by atoms with E-state index in [9.17, 15) is 5.11 Å². The van der Waals surface area contributed by atoms with Crippen LogP contribution in [0.2, 0.25) is 5.15 Å². The first kappa shape index (κ1) is 12.8. The molecule has 100 valence electrons. The van der Waals surface area contributed by atoms with Crippen molar-refractivity contribution < 1.29 is 5.11 Å². The summed E-state index contributed by atoms with van der Waals surface area (Å²) in [6, 6.07) is 4.10. The summed E-state index contributed by atoms with van der Waals surface area (Å²) in [4.78, 5) is 10.8. The molecule has 1 saturated heterocycles. The molecule has 1 atom stereocenters. The Morgan fingerprint density at radius 1 is 1.47 bits per heavy atom. The number of aliphatic hydroxyl groups is 1. The Hall–Kier alpha value is -1.23. The van der Waals surface area contributed by atoms with Crippen LogP contribution in [0.15, 0.2) is 18.3 Å². The second kappa shape index (κ2) is 5.04. The molecule has 1 unspecified atom stereocenters. The molecule has 2 aromatic heterocycles. The van der Waals surface area contributed by atoms with Crippen LogP contribution in [0.1, 0.15) is 17.7 Å². The molecule has 0 spiro atoms. The number of likely N-dealkylation sites (tertiary alicyclic amines) is 1. The van der Waals surface area contributed by atoms with E-state index >= 15 is 0 Å². The number of aryl methyl sites for hydroxylation is 1. The number of hydrogen-bond donors (Lipinski definition) is 1. The van der Waals surface area contributed by atoms with Gasteiger partial charge in [-0.15, -0.1) is 0 Å². The lowest BCUT2D eigenvalue weighted by Gasteiger charge is -2.15. The van der Waals surface area contributed by atoms with Crippen LogP contribution in [0, 0.1) is 6.92 Å². The fraction of sp³-hybridized carbons (Fsp3) is 0.429. The fourth-order valence-electron chi connectivity index (χ4n) is 2.58. The molecule has 3 rings (SSSR count). The van der Waals surface area contributed by atoms with E-state index in [4.69, 9.17) is 11.6 Å². The Bertz CT molecular complexity index is 617. The maximum absolute atomic E-state index is 9.54. The lowest BCUT2D eigenvalue weighted by molar-refractivity contribution is 0.175. The van der Waals surface area contributed by atoms with Crippen LogP contribution < -0.4 is 0 Å². The van der Waals surface area contributed by atoms with Crippen molar-refractivity contribution in [2.24, 2.45) is 0 Å². The van der Waals surface area contributed by atoms with Crippen molar-refractivity contribution in [3.8, 4) is 0 Å². The first-order valence-corrected chi connectivity index (χ1v) is 6.82. The zero-order valence-electron chi connectivity index (χ0n) is 10.8. The highest BCUT2D eigenvalue weighted by Gasteiger charge is 2.20. The highest BCUT2D eigenvalue weighted by molar-refractivity contribution is 6.33. The average Bonchev–Trinajstić information content (AvgIpc) is 2.74. The van der Waals surface area contributed by atoms with E-state index < -0.39 is 0 Å². The van der Waals surface area contributed by atoms with Crippen LogP contribution in [0.4, 0.5) is 0 Å². The zero-order valence-corrected chi connectivity index (χ0v) is 11.6. The van der Waals surface area contributed by atoms with Crippen molar-refractivity contribution in [3.05, 3.63) is 34.7 Å². The molecular formula is C14H16ClN3O. The topological polar surface area (TPSA) is 49.2 Å². The van der Waals surface area contributed by atoms with E-state index in [-0.39, 0.29) is 6.10 Å². The smallest absolute Gasteiger partial charge is 0.155 e. The third-order valence-electron chi connectivity index (χ3n) is 3.46. The zero-order chi connectivity index (χ0) is 13.4. The molecule has 4 nitrogen and oxygen atoms in total. The van der Waals surface area contributed by atoms with Crippen LogP contribution in [0.25, 0.3) is 10.9 Å².